The average molecular weight is 390 g/mol. The molecule has 2 rings (SSSR count). The van der Waals surface area contributed by atoms with Gasteiger partial charge >= 0.3 is 0 Å². The third-order valence-electron chi connectivity index (χ3n) is 2.70. The summed E-state index contributed by atoms with van der Waals surface area (Å²) in [4.78, 5) is 12.2. The Hall–Kier alpha value is -1.43. The normalized spacial score (nSPS) is 10.3. The van der Waals surface area contributed by atoms with Gasteiger partial charge in [-0.25, -0.2) is 0 Å². The molecule has 0 atom stereocenters. The summed E-state index contributed by atoms with van der Waals surface area (Å²) in [5.74, 6) is 0.268. The minimum Gasteiger partial charge on any atom is -0.496 e. The maximum Gasteiger partial charge on any atom is 0.257 e. The Balaban J connectivity index is 2.28. The highest BCUT2D eigenvalue weighted by Crippen LogP contribution is 2.31. The number of carbonyl (C=O) groups is 1. The predicted molar refractivity (Wildman–Crippen MR) is 89.5 cm³/mol. The fourth-order valence-corrected chi connectivity index (χ4v) is 2.68. The Labute approximate surface area is 140 Å². The van der Waals surface area contributed by atoms with E-state index in [0.717, 1.165) is 4.47 Å². The lowest BCUT2D eigenvalue weighted by Gasteiger charge is -2.10. The number of hydrogen-bond acceptors (Lipinski definition) is 3. The van der Waals surface area contributed by atoms with Crippen molar-refractivity contribution in [3.8, 4) is 5.75 Å². The predicted octanol–water partition coefficient (Wildman–Crippen LogP) is 4.60. The standard InChI is InChI=1S/C14H11BrCl2N2O2/c1-21-12-3-2-8(6-10(12)15)19-14(20)9-4-7(18)5-11(16)13(9)17/h2-6H,18H2,1H3,(H,19,20). The van der Waals surface area contributed by atoms with Gasteiger partial charge < -0.3 is 15.8 Å². The highest BCUT2D eigenvalue weighted by molar-refractivity contribution is 9.10. The molecule has 110 valence electrons. The Kier molecular flexibility index (Phi) is 4.98. The quantitative estimate of drug-likeness (QED) is 0.754. The molecule has 4 nitrogen and oxygen atoms in total. The smallest absolute Gasteiger partial charge is 0.257 e. The van der Waals surface area contributed by atoms with Crippen molar-refractivity contribution in [1.29, 1.82) is 0 Å². The van der Waals surface area contributed by atoms with Crippen LogP contribution in [0.2, 0.25) is 10.0 Å². The molecule has 21 heavy (non-hydrogen) atoms. The van der Waals surface area contributed by atoms with Crippen LogP contribution in [0, 0.1) is 0 Å². The van der Waals surface area contributed by atoms with Gasteiger partial charge in [-0.15, -0.1) is 0 Å². The van der Waals surface area contributed by atoms with Crippen LogP contribution in [0.5, 0.6) is 5.75 Å². The zero-order valence-electron chi connectivity index (χ0n) is 10.9. The zero-order chi connectivity index (χ0) is 15.6. The lowest BCUT2D eigenvalue weighted by atomic mass is 10.2. The number of halogens is 3. The number of hydrogen-bond donors (Lipinski definition) is 2. The average Bonchev–Trinajstić information content (AvgIpc) is 2.43. The minimum absolute atomic E-state index is 0.163. The Bertz CT molecular complexity index is 708. The SMILES string of the molecule is COc1ccc(NC(=O)c2cc(N)cc(Cl)c2Cl)cc1Br. The van der Waals surface area contributed by atoms with Crippen molar-refractivity contribution >= 4 is 56.4 Å². The first-order valence-electron chi connectivity index (χ1n) is 5.81. The summed E-state index contributed by atoms with van der Waals surface area (Å²) in [6, 6.07) is 8.13. The molecule has 2 aromatic rings. The van der Waals surface area contributed by atoms with Crippen LogP contribution < -0.4 is 15.8 Å². The van der Waals surface area contributed by atoms with Gasteiger partial charge in [-0.1, -0.05) is 23.2 Å². The molecule has 0 aliphatic carbocycles. The van der Waals surface area contributed by atoms with Crippen LogP contribution in [0.25, 0.3) is 0 Å². The van der Waals surface area contributed by atoms with Crippen molar-refractivity contribution in [1.82, 2.24) is 0 Å². The zero-order valence-corrected chi connectivity index (χ0v) is 14.0. The van der Waals surface area contributed by atoms with Crippen LogP contribution in [-0.4, -0.2) is 13.0 Å². The van der Waals surface area contributed by atoms with E-state index in [0.29, 0.717) is 17.1 Å². The number of rotatable bonds is 3. The number of nitrogens with one attached hydrogen (secondary N) is 1. The lowest BCUT2D eigenvalue weighted by molar-refractivity contribution is 0.102. The van der Waals surface area contributed by atoms with E-state index in [1.54, 1.807) is 25.3 Å². The maximum atomic E-state index is 12.2. The van der Waals surface area contributed by atoms with E-state index in [1.807, 2.05) is 0 Å². The van der Waals surface area contributed by atoms with Crippen molar-refractivity contribution < 1.29 is 9.53 Å². The molecule has 7 heteroatoms. The molecule has 0 bridgehead atoms. The molecular formula is C14H11BrCl2N2O2. The van der Waals surface area contributed by atoms with E-state index in [1.165, 1.54) is 12.1 Å². The first-order chi connectivity index (χ1) is 9.92. The van der Waals surface area contributed by atoms with Crippen molar-refractivity contribution in [2.45, 2.75) is 0 Å². The Morgan fingerprint density at radius 2 is 2.00 bits per heavy atom. The summed E-state index contributed by atoms with van der Waals surface area (Å²) < 4.78 is 5.85. The first-order valence-corrected chi connectivity index (χ1v) is 7.36. The minimum atomic E-state index is -0.397. The largest absolute Gasteiger partial charge is 0.496 e. The van der Waals surface area contributed by atoms with Crippen molar-refractivity contribution in [3.05, 3.63) is 50.4 Å². The molecule has 0 aromatic heterocycles. The highest BCUT2D eigenvalue weighted by Gasteiger charge is 2.15. The molecule has 0 aliphatic rings. The van der Waals surface area contributed by atoms with E-state index in [4.69, 9.17) is 33.7 Å². The molecule has 0 aliphatic heterocycles. The van der Waals surface area contributed by atoms with Crippen LogP contribution in [0.4, 0.5) is 11.4 Å². The monoisotopic (exact) mass is 388 g/mol. The van der Waals surface area contributed by atoms with Gasteiger partial charge in [0, 0.05) is 11.4 Å². The molecule has 1 amide bonds. The molecule has 0 spiro atoms. The second-order valence-electron chi connectivity index (χ2n) is 4.17. The highest BCUT2D eigenvalue weighted by atomic mass is 79.9. The van der Waals surface area contributed by atoms with Gasteiger partial charge in [0.1, 0.15) is 5.75 Å². The molecule has 0 unspecified atom stereocenters. The van der Waals surface area contributed by atoms with Crippen LogP contribution >= 0.6 is 39.1 Å². The van der Waals surface area contributed by atoms with Gasteiger partial charge in [0.25, 0.3) is 5.91 Å². The second-order valence-corrected chi connectivity index (χ2v) is 5.81. The van der Waals surface area contributed by atoms with Gasteiger partial charge in [0.2, 0.25) is 0 Å². The number of nitrogen functional groups attached to an aromatic ring is 1. The number of amides is 1. The summed E-state index contributed by atoms with van der Waals surface area (Å²) in [5.41, 5.74) is 6.84. The van der Waals surface area contributed by atoms with E-state index < -0.39 is 5.91 Å². The summed E-state index contributed by atoms with van der Waals surface area (Å²) in [6.45, 7) is 0. The third kappa shape index (κ3) is 3.61. The Morgan fingerprint density at radius 1 is 1.29 bits per heavy atom. The number of methoxy groups -OCH3 is 1. The van der Waals surface area contributed by atoms with E-state index >= 15 is 0 Å². The second kappa shape index (κ2) is 6.56. The molecule has 0 radical (unpaired) electrons. The number of anilines is 2. The first kappa shape index (κ1) is 15.9. The van der Waals surface area contributed by atoms with Crippen molar-refractivity contribution in [2.75, 3.05) is 18.2 Å². The summed E-state index contributed by atoms with van der Waals surface area (Å²) in [6.07, 6.45) is 0. The van der Waals surface area contributed by atoms with Crippen LogP contribution in [0.1, 0.15) is 10.4 Å². The molecule has 3 N–H and O–H groups in total. The van der Waals surface area contributed by atoms with Crippen LogP contribution in [-0.2, 0) is 0 Å². The van der Waals surface area contributed by atoms with Gasteiger partial charge in [-0.05, 0) is 46.3 Å². The summed E-state index contributed by atoms with van der Waals surface area (Å²) >= 11 is 15.3. The van der Waals surface area contributed by atoms with E-state index in [-0.39, 0.29) is 15.6 Å². The molecular weight excluding hydrogens is 379 g/mol. The summed E-state index contributed by atoms with van der Waals surface area (Å²) in [7, 11) is 1.56. The van der Waals surface area contributed by atoms with Crippen LogP contribution in [0.3, 0.4) is 0 Å². The number of benzene rings is 2. The van der Waals surface area contributed by atoms with Gasteiger partial charge in [0.05, 0.1) is 27.2 Å². The van der Waals surface area contributed by atoms with E-state index in [9.17, 15) is 4.79 Å². The number of nitrogens with two attached hydrogens (primary N) is 1. The van der Waals surface area contributed by atoms with E-state index in [2.05, 4.69) is 21.2 Å². The van der Waals surface area contributed by atoms with Crippen molar-refractivity contribution in [3.63, 3.8) is 0 Å². The molecule has 0 fully saturated rings. The number of ether oxygens (including phenoxy) is 1. The molecule has 2 aromatic carbocycles. The topological polar surface area (TPSA) is 64.3 Å². The fourth-order valence-electron chi connectivity index (χ4n) is 1.72. The molecule has 0 heterocycles. The van der Waals surface area contributed by atoms with Gasteiger partial charge in [-0.3, -0.25) is 4.79 Å². The van der Waals surface area contributed by atoms with Crippen LogP contribution in [0.15, 0.2) is 34.8 Å². The van der Waals surface area contributed by atoms with Crippen molar-refractivity contribution in [2.24, 2.45) is 0 Å². The fraction of sp³-hybridized carbons (Fsp3) is 0.0714. The number of carbonyl (C=O) groups excluding carboxylic acids is 1. The maximum absolute atomic E-state index is 12.2. The summed E-state index contributed by atoms with van der Waals surface area (Å²) in [5, 5.41) is 3.12. The van der Waals surface area contributed by atoms with Gasteiger partial charge in [-0.2, -0.15) is 0 Å². The Morgan fingerprint density at radius 3 is 2.62 bits per heavy atom. The van der Waals surface area contributed by atoms with Gasteiger partial charge in [0.15, 0.2) is 0 Å². The third-order valence-corrected chi connectivity index (χ3v) is 4.13. The molecule has 0 saturated carbocycles. The molecule has 0 saturated heterocycles. The lowest BCUT2D eigenvalue weighted by Crippen LogP contribution is -2.13.